The Labute approximate surface area is 125 Å². The van der Waals surface area contributed by atoms with Gasteiger partial charge in [0.15, 0.2) is 12.6 Å². The molecule has 0 aliphatic carbocycles. The zero-order valence-corrected chi connectivity index (χ0v) is 11.8. The molecule has 116 valence electrons. The fourth-order valence-electron chi connectivity index (χ4n) is 2.91. The number of carboxylic acid groups (broad SMARTS) is 1. The Morgan fingerprint density at radius 2 is 2.00 bits per heavy atom. The summed E-state index contributed by atoms with van der Waals surface area (Å²) in [5.74, 6) is -1.72. The number of carbonyl (C=O) groups excluding carboxylic acids is 2. The number of carbonyl (C=O) groups is 3. The molecule has 2 aliphatic rings. The third kappa shape index (κ3) is 2.08. The second kappa shape index (κ2) is 5.30. The summed E-state index contributed by atoms with van der Waals surface area (Å²) in [5.41, 5.74) is 1.42. The molecule has 2 heterocycles. The molecule has 1 aromatic rings. The zero-order valence-electron chi connectivity index (χ0n) is 11.8. The number of hydroxylamine groups is 2. The van der Waals surface area contributed by atoms with Gasteiger partial charge in [-0.1, -0.05) is 24.3 Å². The van der Waals surface area contributed by atoms with E-state index >= 15 is 0 Å². The van der Waals surface area contributed by atoms with Crippen LogP contribution in [0.4, 0.5) is 4.79 Å². The number of urea groups is 1. The van der Waals surface area contributed by atoms with E-state index in [9.17, 15) is 14.4 Å². The predicted octanol–water partition coefficient (Wildman–Crippen LogP) is 0.709. The van der Waals surface area contributed by atoms with Gasteiger partial charge in [0, 0.05) is 0 Å². The quantitative estimate of drug-likeness (QED) is 0.823. The fraction of sp³-hybridized carbons (Fsp3) is 0.357. The third-order valence-electron chi connectivity index (χ3n) is 3.80. The van der Waals surface area contributed by atoms with Crippen molar-refractivity contribution >= 4 is 18.0 Å². The number of nitrogens with zero attached hydrogens (tertiary/aromatic N) is 2. The molecule has 2 amide bonds. The van der Waals surface area contributed by atoms with Gasteiger partial charge in [0.2, 0.25) is 0 Å². The molecule has 0 saturated carbocycles. The molecule has 8 nitrogen and oxygen atoms in total. The highest BCUT2D eigenvalue weighted by Crippen LogP contribution is 2.44. The number of methoxy groups -OCH3 is 1. The average molecular weight is 306 g/mol. The molecule has 1 saturated heterocycles. The summed E-state index contributed by atoms with van der Waals surface area (Å²) in [6.07, 6.45) is 0. The lowest BCUT2D eigenvalue weighted by molar-refractivity contribution is -0.167. The van der Waals surface area contributed by atoms with Gasteiger partial charge in [-0.25, -0.2) is 14.4 Å². The van der Waals surface area contributed by atoms with Crippen LogP contribution in [0.25, 0.3) is 0 Å². The first-order valence-electron chi connectivity index (χ1n) is 6.65. The molecule has 0 aromatic heterocycles. The highest BCUT2D eigenvalue weighted by molar-refractivity contribution is 5.88. The van der Waals surface area contributed by atoms with Crippen molar-refractivity contribution in [3.05, 3.63) is 35.4 Å². The monoisotopic (exact) mass is 306 g/mol. The average Bonchev–Trinajstić information content (AvgIpc) is 2.79. The molecule has 0 radical (unpaired) electrons. The number of esters is 1. The normalized spacial score (nSPS) is 22.5. The van der Waals surface area contributed by atoms with E-state index in [0.717, 1.165) is 10.6 Å². The summed E-state index contributed by atoms with van der Waals surface area (Å²) in [6, 6.07) is 5.28. The van der Waals surface area contributed by atoms with Crippen molar-refractivity contribution in [1.82, 2.24) is 9.96 Å². The summed E-state index contributed by atoms with van der Waals surface area (Å²) in [6.45, 7) is -0.379. The van der Waals surface area contributed by atoms with Crippen LogP contribution in [0.2, 0.25) is 0 Å². The van der Waals surface area contributed by atoms with E-state index in [2.05, 4.69) is 0 Å². The second-order valence-electron chi connectivity index (χ2n) is 5.00. The number of carboxylic acids is 1. The molecule has 0 spiro atoms. The van der Waals surface area contributed by atoms with Gasteiger partial charge in [-0.3, -0.25) is 4.84 Å². The Hall–Kier alpha value is -2.61. The van der Waals surface area contributed by atoms with Crippen molar-refractivity contribution in [2.75, 3.05) is 20.3 Å². The van der Waals surface area contributed by atoms with Crippen LogP contribution < -0.4 is 0 Å². The maximum absolute atomic E-state index is 12.4. The first kappa shape index (κ1) is 14.3. The van der Waals surface area contributed by atoms with Crippen LogP contribution in [0.15, 0.2) is 24.3 Å². The minimum atomic E-state index is -1.18. The zero-order chi connectivity index (χ0) is 15.9. The summed E-state index contributed by atoms with van der Waals surface area (Å²) in [7, 11) is 1.26. The molecule has 1 N–H and O–H groups in total. The Kier molecular flexibility index (Phi) is 3.45. The van der Waals surface area contributed by atoms with Gasteiger partial charge in [-0.05, 0) is 11.1 Å². The maximum atomic E-state index is 12.4. The molecule has 2 bridgehead atoms. The van der Waals surface area contributed by atoms with Gasteiger partial charge in [-0.15, -0.1) is 0 Å². The van der Waals surface area contributed by atoms with Crippen LogP contribution in [-0.2, 0) is 19.2 Å². The van der Waals surface area contributed by atoms with E-state index in [1.165, 1.54) is 12.0 Å². The number of hydrogen-bond acceptors (Lipinski definition) is 5. The SMILES string of the molecule is COC(=O)[C@H]1c2ccccc2[C@H]2CN1C(=O)N2OCC(=O)O. The van der Waals surface area contributed by atoms with E-state index in [-0.39, 0.29) is 6.54 Å². The highest BCUT2D eigenvalue weighted by atomic mass is 16.7. The number of benzene rings is 1. The van der Waals surface area contributed by atoms with Crippen LogP contribution in [0.3, 0.4) is 0 Å². The standard InChI is InChI=1S/C14H14N2O6/c1-21-13(19)12-9-5-3-2-4-8(9)10-6-15(12)14(20)16(10)22-7-11(17)18/h2-5,10,12H,6-7H2,1H3,(H,17,18)/t10-,12-/m1/s1. The maximum Gasteiger partial charge on any atom is 0.345 e. The number of ether oxygens (including phenoxy) is 1. The third-order valence-corrected chi connectivity index (χ3v) is 3.80. The van der Waals surface area contributed by atoms with Crippen molar-refractivity contribution in [3.8, 4) is 0 Å². The van der Waals surface area contributed by atoms with E-state index in [1.807, 2.05) is 0 Å². The van der Waals surface area contributed by atoms with Crippen molar-refractivity contribution < 1.29 is 29.1 Å². The summed E-state index contributed by atoms with van der Waals surface area (Å²) in [5, 5.41) is 9.75. The van der Waals surface area contributed by atoms with Gasteiger partial charge in [0.05, 0.1) is 13.7 Å². The Bertz CT molecular complexity index is 646. The van der Waals surface area contributed by atoms with E-state index < -0.39 is 36.7 Å². The first-order chi connectivity index (χ1) is 10.5. The van der Waals surface area contributed by atoms with E-state index in [0.29, 0.717) is 5.56 Å². The van der Waals surface area contributed by atoms with Gasteiger partial charge < -0.3 is 14.7 Å². The van der Waals surface area contributed by atoms with Crippen LogP contribution in [0.5, 0.6) is 0 Å². The lowest BCUT2D eigenvalue weighted by Crippen LogP contribution is -2.39. The molecular weight excluding hydrogens is 292 g/mol. The van der Waals surface area contributed by atoms with Crippen molar-refractivity contribution in [3.63, 3.8) is 0 Å². The molecule has 8 heteroatoms. The van der Waals surface area contributed by atoms with Crippen LogP contribution in [-0.4, -0.2) is 53.3 Å². The number of hydrogen-bond donors (Lipinski definition) is 1. The molecule has 2 atom stereocenters. The highest BCUT2D eigenvalue weighted by Gasteiger charge is 2.51. The van der Waals surface area contributed by atoms with Crippen LogP contribution in [0, 0.1) is 0 Å². The Balaban J connectivity index is 2.00. The largest absolute Gasteiger partial charge is 0.479 e. The molecular formula is C14H14N2O6. The van der Waals surface area contributed by atoms with Gasteiger partial charge in [0.25, 0.3) is 0 Å². The molecule has 2 aliphatic heterocycles. The van der Waals surface area contributed by atoms with Gasteiger partial charge >= 0.3 is 18.0 Å². The van der Waals surface area contributed by atoms with E-state index in [1.54, 1.807) is 24.3 Å². The van der Waals surface area contributed by atoms with Crippen LogP contribution >= 0.6 is 0 Å². The molecule has 1 aromatic carbocycles. The molecule has 3 rings (SSSR count). The molecule has 0 unspecified atom stereocenters. The minimum Gasteiger partial charge on any atom is -0.479 e. The smallest absolute Gasteiger partial charge is 0.345 e. The fourth-order valence-corrected chi connectivity index (χ4v) is 2.91. The summed E-state index contributed by atoms with van der Waals surface area (Å²) < 4.78 is 4.79. The predicted molar refractivity (Wildman–Crippen MR) is 71.5 cm³/mol. The number of aliphatic carboxylic acids is 1. The lowest BCUT2D eigenvalue weighted by atomic mass is 9.91. The number of fused-ring (bicyclic) bond motifs is 4. The summed E-state index contributed by atoms with van der Waals surface area (Å²) in [4.78, 5) is 41.6. The van der Waals surface area contributed by atoms with Crippen molar-refractivity contribution in [1.29, 1.82) is 0 Å². The minimum absolute atomic E-state index is 0.245. The topological polar surface area (TPSA) is 96.4 Å². The number of amides is 2. The Morgan fingerprint density at radius 1 is 1.32 bits per heavy atom. The van der Waals surface area contributed by atoms with Crippen LogP contribution in [0.1, 0.15) is 23.2 Å². The van der Waals surface area contributed by atoms with Gasteiger partial charge in [-0.2, -0.15) is 5.06 Å². The molecule has 1 fully saturated rings. The summed E-state index contributed by atoms with van der Waals surface area (Å²) >= 11 is 0. The lowest BCUT2D eigenvalue weighted by Gasteiger charge is -2.30. The van der Waals surface area contributed by atoms with Crippen molar-refractivity contribution in [2.24, 2.45) is 0 Å². The Morgan fingerprint density at radius 3 is 2.64 bits per heavy atom. The van der Waals surface area contributed by atoms with Gasteiger partial charge in [0.1, 0.15) is 6.04 Å². The first-order valence-corrected chi connectivity index (χ1v) is 6.65. The molecule has 22 heavy (non-hydrogen) atoms. The second-order valence-corrected chi connectivity index (χ2v) is 5.00. The number of rotatable bonds is 4. The van der Waals surface area contributed by atoms with Crippen molar-refractivity contribution in [2.45, 2.75) is 12.1 Å². The van der Waals surface area contributed by atoms with E-state index in [4.69, 9.17) is 14.7 Å².